The SMILES string of the molecule is C#CC1CC(=O)N(c2nc(C)c(C(=O)OC)s2)C1. The molecule has 1 aromatic heterocycles. The average molecular weight is 264 g/mol. The maximum Gasteiger partial charge on any atom is 0.350 e. The molecule has 0 aromatic carbocycles. The third kappa shape index (κ3) is 2.09. The van der Waals surface area contributed by atoms with Gasteiger partial charge in [0.1, 0.15) is 4.88 Å². The lowest BCUT2D eigenvalue weighted by Gasteiger charge is -2.10. The lowest BCUT2D eigenvalue weighted by molar-refractivity contribution is -0.117. The number of nitrogens with zero attached hydrogens (tertiary/aromatic N) is 2. The highest BCUT2D eigenvalue weighted by Gasteiger charge is 2.32. The molecule has 2 rings (SSSR count). The van der Waals surface area contributed by atoms with Crippen LogP contribution >= 0.6 is 11.3 Å². The van der Waals surface area contributed by atoms with Crippen molar-refractivity contribution in [1.82, 2.24) is 4.98 Å². The molecule has 1 saturated heterocycles. The first-order valence-electron chi connectivity index (χ1n) is 5.39. The van der Waals surface area contributed by atoms with Gasteiger partial charge in [-0.2, -0.15) is 0 Å². The van der Waals surface area contributed by atoms with Crippen LogP contribution in [0.25, 0.3) is 0 Å². The van der Waals surface area contributed by atoms with Crippen molar-refractivity contribution in [3.05, 3.63) is 10.6 Å². The fraction of sp³-hybridized carbons (Fsp3) is 0.417. The number of hydrogen-bond acceptors (Lipinski definition) is 5. The zero-order chi connectivity index (χ0) is 13.3. The maximum atomic E-state index is 11.8. The van der Waals surface area contributed by atoms with Crippen LogP contribution in [0, 0.1) is 25.2 Å². The molecule has 0 bridgehead atoms. The Morgan fingerprint density at radius 3 is 2.94 bits per heavy atom. The number of carbonyl (C=O) groups excluding carboxylic acids is 2. The minimum Gasteiger partial charge on any atom is -0.465 e. The average Bonchev–Trinajstić information content (AvgIpc) is 2.91. The third-order valence-corrected chi connectivity index (χ3v) is 3.91. The summed E-state index contributed by atoms with van der Waals surface area (Å²) in [7, 11) is 1.32. The Morgan fingerprint density at radius 1 is 1.67 bits per heavy atom. The molecular formula is C12H12N2O3S. The van der Waals surface area contributed by atoms with Crippen LogP contribution in [0.1, 0.15) is 21.8 Å². The van der Waals surface area contributed by atoms with E-state index >= 15 is 0 Å². The predicted molar refractivity (Wildman–Crippen MR) is 67.5 cm³/mol. The van der Waals surface area contributed by atoms with Crippen LogP contribution < -0.4 is 4.90 Å². The minimum absolute atomic E-state index is 0.0527. The quantitative estimate of drug-likeness (QED) is 0.595. The van der Waals surface area contributed by atoms with Crippen LogP contribution in [-0.4, -0.2) is 30.5 Å². The zero-order valence-corrected chi connectivity index (χ0v) is 10.9. The Labute approximate surface area is 109 Å². The normalized spacial score (nSPS) is 18.8. The first-order valence-corrected chi connectivity index (χ1v) is 6.20. The van der Waals surface area contributed by atoms with Crippen molar-refractivity contribution in [3.8, 4) is 12.3 Å². The Hall–Kier alpha value is -1.87. The Balaban J connectivity index is 2.28. The molecule has 18 heavy (non-hydrogen) atoms. The van der Waals surface area contributed by atoms with Gasteiger partial charge in [-0.25, -0.2) is 9.78 Å². The van der Waals surface area contributed by atoms with Gasteiger partial charge in [-0.05, 0) is 6.92 Å². The number of terminal acetylenes is 1. The summed E-state index contributed by atoms with van der Waals surface area (Å²) in [5.41, 5.74) is 0.568. The monoisotopic (exact) mass is 264 g/mol. The number of ether oxygens (including phenoxy) is 1. The van der Waals surface area contributed by atoms with Gasteiger partial charge in [0.05, 0.1) is 12.8 Å². The number of methoxy groups -OCH3 is 1. The summed E-state index contributed by atoms with van der Waals surface area (Å²) in [6, 6.07) is 0. The molecule has 1 aliphatic heterocycles. The molecule has 0 saturated carbocycles. The van der Waals surface area contributed by atoms with Crippen molar-refractivity contribution in [2.75, 3.05) is 18.6 Å². The second-order valence-corrected chi connectivity index (χ2v) is 4.95. The summed E-state index contributed by atoms with van der Waals surface area (Å²) >= 11 is 1.16. The van der Waals surface area contributed by atoms with Crippen molar-refractivity contribution >= 4 is 28.3 Å². The molecule has 6 heteroatoms. The molecule has 1 atom stereocenters. The number of aromatic nitrogens is 1. The molecule has 0 aliphatic carbocycles. The first kappa shape index (κ1) is 12.6. The topological polar surface area (TPSA) is 59.5 Å². The number of hydrogen-bond donors (Lipinski definition) is 0. The van der Waals surface area contributed by atoms with E-state index in [-0.39, 0.29) is 11.8 Å². The van der Waals surface area contributed by atoms with E-state index in [1.807, 2.05) is 0 Å². The molecule has 1 amide bonds. The second-order valence-electron chi connectivity index (χ2n) is 3.97. The Morgan fingerprint density at radius 2 is 2.39 bits per heavy atom. The van der Waals surface area contributed by atoms with Crippen LogP contribution in [-0.2, 0) is 9.53 Å². The lowest BCUT2D eigenvalue weighted by Crippen LogP contribution is -2.24. The fourth-order valence-corrected chi connectivity index (χ4v) is 2.80. The molecule has 1 fully saturated rings. The smallest absolute Gasteiger partial charge is 0.350 e. The predicted octanol–water partition coefficient (Wildman–Crippen LogP) is 1.22. The van der Waals surface area contributed by atoms with E-state index in [4.69, 9.17) is 6.42 Å². The van der Waals surface area contributed by atoms with Crippen molar-refractivity contribution in [2.24, 2.45) is 5.92 Å². The first-order chi connectivity index (χ1) is 8.56. The summed E-state index contributed by atoms with van der Waals surface area (Å²) in [6.07, 6.45) is 5.66. The zero-order valence-electron chi connectivity index (χ0n) is 10.1. The molecule has 0 spiro atoms. The van der Waals surface area contributed by atoms with Gasteiger partial charge in [0.25, 0.3) is 0 Å². The second kappa shape index (κ2) is 4.78. The number of esters is 1. The highest BCUT2D eigenvalue weighted by molar-refractivity contribution is 7.17. The largest absolute Gasteiger partial charge is 0.465 e. The summed E-state index contributed by atoms with van der Waals surface area (Å²) < 4.78 is 4.66. The van der Waals surface area contributed by atoms with Gasteiger partial charge in [0.15, 0.2) is 5.13 Å². The lowest BCUT2D eigenvalue weighted by atomic mass is 10.1. The number of aryl methyl sites for hydroxylation is 1. The number of carbonyl (C=O) groups is 2. The van der Waals surface area contributed by atoms with Gasteiger partial charge in [-0.15, -0.1) is 12.3 Å². The van der Waals surface area contributed by atoms with E-state index in [0.717, 1.165) is 11.3 Å². The standard InChI is InChI=1S/C12H12N2O3S/c1-4-8-5-9(15)14(6-8)12-13-7(2)10(18-12)11(16)17-3/h1,8H,5-6H2,2-3H3. The van der Waals surface area contributed by atoms with E-state index < -0.39 is 5.97 Å². The minimum atomic E-state index is -0.434. The number of anilines is 1. The van der Waals surface area contributed by atoms with E-state index in [0.29, 0.717) is 28.7 Å². The van der Waals surface area contributed by atoms with E-state index in [9.17, 15) is 9.59 Å². The molecule has 0 radical (unpaired) electrons. The van der Waals surface area contributed by atoms with Crippen LogP contribution in [0.3, 0.4) is 0 Å². The summed E-state index contributed by atoms with van der Waals surface area (Å²) in [5, 5.41) is 0.510. The van der Waals surface area contributed by atoms with Gasteiger partial charge in [0, 0.05) is 18.9 Å². The number of thiazole rings is 1. The van der Waals surface area contributed by atoms with Gasteiger partial charge < -0.3 is 4.74 Å². The number of amides is 1. The molecular weight excluding hydrogens is 252 g/mol. The molecule has 5 nitrogen and oxygen atoms in total. The van der Waals surface area contributed by atoms with Crippen molar-refractivity contribution in [3.63, 3.8) is 0 Å². The summed E-state index contributed by atoms with van der Waals surface area (Å²) in [5.74, 6) is 2.01. The van der Waals surface area contributed by atoms with Gasteiger partial charge >= 0.3 is 5.97 Å². The highest BCUT2D eigenvalue weighted by Crippen LogP contribution is 2.31. The molecule has 94 valence electrons. The third-order valence-electron chi connectivity index (χ3n) is 2.75. The van der Waals surface area contributed by atoms with Crippen molar-refractivity contribution < 1.29 is 14.3 Å². The van der Waals surface area contributed by atoms with E-state index in [1.54, 1.807) is 6.92 Å². The van der Waals surface area contributed by atoms with Crippen LogP contribution in [0.2, 0.25) is 0 Å². The van der Waals surface area contributed by atoms with Crippen LogP contribution in [0.15, 0.2) is 0 Å². The molecule has 2 heterocycles. The van der Waals surface area contributed by atoms with Crippen molar-refractivity contribution in [1.29, 1.82) is 0 Å². The van der Waals surface area contributed by atoms with Crippen LogP contribution in [0.5, 0.6) is 0 Å². The molecule has 1 aromatic rings. The van der Waals surface area contributed by atoms with Crippen molar-refractivity contribution in [2.45, 2.75) is 13.3 Å². The Bertz CT molecular complexity index is 544. The summed E-state index contributed by atoms with van der Waals surface area (Å²) in [6.45, 7) is 2.17. The fourth-order valence-electron chi connectivity index (χ4n) is 1.78. The molecule has 0 N–H and O–H groups in total. The number of rotatable bonds is 2. The maximum absolute atomic E-state index is 11.8. The van der Waals surface area contributed by atoms with E-state index in [1.165, 1.54) is 12.0 Å². The highest BCUT2D eigenvalue weighted by atomic mass is 32.1. The molecule has 1 unspecified atom stereocenters. The van der Waals surface area contributed by atoms with Gasteiger partial charge in [-0.1, -0.05) is 11.3 Å². The van der Waals surface area contributed by atoms with Crippen LogP contribution in [0.4, 0.5) is 5.13 Å². The summed E-state index contributed by atoms with van der Waals surface area (Å²) in [4.78, 5) is 29.5. The van der Waals surface area contributed by atoms with Gasteiger partial charge in [0.2, 0.25) is 5.91 Å². The Kier molecular flexibility index (Phi) is 3.34. The van der Waals surface area contributed by atoms with Gasteiger partial charge in [-0.3, -0.25) is 9.69 Å². The molecule has 1 aliphatic rings. The van der Waals surface area contributed by atoms with E-state index in [2.05, 4.69) is 15.6 Å².